The van der Waals surface area contributed by atoms with Gasteiger partial charge in [-0.05, 0) is 43.5 Å². The molecule has 1 aromatic carbocycles. The third kappa shape index (κ3) is 6.60. The first kappa shape index (κ1) is 16.0. The third-order valence-electron chi connectivity index (χ3n) is 3.19. The summed E-state index contributed by atoms with van der Waals surface area (Å²) in [5, 5.41) is 6.74. The summed E-state index contributed by atoms with van der Waals surface area (Å²) in [6.07, 6.45) is 2.26. The number of amides is 1. The molecular formula is C15H23ClN2O. The lowest BCUT2D eigenvalue weighted by molar-refractivity contribution is -0.115. The Kier molecular flexibility index (Phi) is 6.89. The Labute approximate surface area is 120 Å². The van der Waals surface area contributed by atoms with Crippen LogP contribution in [0.2, 0.25) is 5.02 Å². The van der Waals surface area contributed by atoms with Gasteiger partial charge in [-0.25, -0.2) is 0 Å². The number of anilines is 1. The van der Waals surface area contributed by atoms with E-state index in [1.54, 1.807) is 24.3 Å². The molecule has 0 aromatic heterocycles. The molecule has 0 aliphatic heterocycles. The van der Waals surface area contributed by atoms with Gasteiger partial charge in [0.2, 0.25) is 5.91 Å². The number of nitrogens with one attached hydrogen (secondary N) is 2. The Balaban J connectivity index is 2.29. The van der Waals surface area contributed by atoms with Crippen molar-refractivity contribution in [3.05, 3.63) is 29.3 Å². The van der Waals surface area contributed by atoms with E-state index < -0.39 is 0 Å². The summed E-state index contributed by atoms with van der Waals surface area (Å²) in [6, 6.07) is 7.46. The lowest BCUT2D eigenvalue weighted by Crippen LogP contribution is -2.35. The molecular weight excluding hydrogens is 260 g/mol. The zero-order chi connectivity index (χ0) is 14.3. The molecule has 0 heterocycles. The number of halogens is 1. The SMILES string of the molecule is CCC(C)CC(C)NCC(=O)Nc1ccc(Cl)cc1. The Morgan fingerprint density at radius 1 is 1.26 bits per heavy atom. The fraction of sp³-hybridized carbons (Fsp3) is 0.533. The summed E-state index contributed by atoms with van der Waals surface area (Å²) in [5.74, 6) is 0.653. The summed E-state index contributed by atoms with van der Waals surface area (Å²) < 4.78 is 0. The van der Waals surface area contributed by atoms with Gasteiger partial charge in [0.05, 0.1) is 6.54 Å². The van der Waals surface area contributed by atoms with E-state index in [-0.39, 0.29) is 5.91 Å². The normalized spacial score (nSPS) is 13.9. The van der Waals surface area contributed by atoms with Crippen LogP contribution < -0.4 is 10.6 Å². The van der Waals surface area contributed by atoms with Crippen LogP contribution in [-0.2, 0) is 4.79 Å². The topological polar surface area (TPSA) is 41.1 Å². The van der Waals surface area contributed by atoms with Crippen LogP contribution in [-0.4, -0.2) is 18.5 Å². The molecule has 2 unspecified atom stereocenters. The maximum Gasteiger partial charge on any atom is 0.238 e. The van der Waals surface area contributed by atoms with E-state index in [0.717, 1.165) is 12.1 Å². The molecule has 2 atom stereocenters. The first-order valence-corrected chi connectivity index (χ1v) is 7.17. The second kappa shape index (κ2) is 8.18. The van der Waals surface area contributed by atoms with Crippen LogP contribution in [0.4, 0.5) is 5.69 Å². The maximum absolute atomic E-state index is 11.8. The smallest absolute Gasteiger partial charge is 0.238 e. The van der Waals surface area contributed by atoms with E-state index in [9.17, 15) is 4.79 Å². The Morgan fingerprint density at radius 3 is 2.47 bits per heavy atom. The monoisotopic (exact) mass is 282 g/mol. The van der Waals surface area contributed by atoms with Crippen LogP contribution >= 0.6 is 11.6 Å². The van der Waals surface area contributed by atoms with Crippen molar-refractivity contribution in [2.45, 2.75) is 39.7 Å². The van der Waals surface area contributed by atoms with Crippen molar-refractivity contribution in [3.63, 3.8) is 0 Å². The third-order valence-corrected chi connectivity index (χ3v) is 3.44. The van der Waals surface area contributed by atoms with Gasteiger partial charge in [-0.15, -0.1) is 0 Å². The predicted octanol–water partition coefficient (Wildman–Crippen LogP) is 3.69. The number of carbonyl (C=O) groups is 1. The average molecular weight is 283 g/mol. The Hall–Kier alpha value is -1.06. The van der Waals surface area contributed by atoms with Crippen LogP contribution in [0.15, 0.2) is 24.3 Å². The van der Waals surface area contributed by atoms with Crippen molar-refractivity contribution in [2.24, 2.45) is 5.92 Å². The van der Waals surface area contributed by atoms with Gasteiger partial charge in [0.15, 0.2) is 0 Å². The molecule has 0 bridgehead atoms. The number of benzene rings is 1. The Morgan fingerprint density at radius 2 is 1.89 bits per heavy atom. The molecule has 0 radical (unpaired) electrons. The van der Waals surface area contributed by atoms with E-state index in [2.05, 4.69) is 31.4 Å². The molecule has 0 fully saturated rings. The highest BCUT2D eigenvalue weighted by atomic mass is 35.5. The summed E-state index contributed by atoms with van der Waals surface area (Å²) >= 11 is 5.79. The van der Waals surface area contributed by atoms with Gasteiger partial charge in [-0.2, -0.15) is 0 Å². The van der Waals surface area contributed by atoms with E-state index in [4.69, 9.17) is 11.6 Å². The summed E-state index contributed by atoms with van der Waals surface area (Å²) in [7, 11) is 0. The van der Waals surface area contributed by atoms with Gasteiger partial charge >= 0.3 is 0 Å². The van der Waals surface area contributed by atoms with Crippen molar-refractivity contribution in [1.82, 2.24) is 5.32 Å². The molecule has 0 saturated heterocycles. The first-order chi connectivity index (χ1) is 9.01. The average Bonchev–Trinajstić information content (AvgIpc) is 2.39. The van der Waals surface area contributed by atoms with Gasteiger partial charge in [-0.1, -0.05) is 31.9 Å². The molecule has 2 N–H and O–H groups in total. The number of hydrogen-bond donors (Lipinski definition) is 2. The van der Waals surface area contributed by atoms with Gasteiger partial charge in [0.25, 0.3) is 0 Å². The molecule has 0 aliphatic carbocycles. The molecule has 1 rings (SSSR count). The first-order valence-electron chi connectivity index (χ1n) is 6.80. The van der Waals surface area contributed by atoms with Gasteiger partial charge in [0, 0.05) is 16.8 Å². The quantitative estimate of drug-likeness (QED) is 0.801. The van der Waals surface area contributed by atoms with E-state index in [0.29, 0.717) is 23.5 Å². The minimum absolute atomic E-state index is 0.0293. The summed E-state index contributed by atoms with van der Waals surface area (Å²) in [6.45, 7) is 6.86. The van der Waals surface area contributed by atoms with E-state index >= 15 is 0 Å². The molecule has 0 aliphatic rings. The zero-order valence-electron chi connectivity index (χ0n) is 11.9. The van der Waals surface area contributed by atoms with Crippen LogP contribution in [0.25, 0.3) is 0 Å². The van der Waals surface area contributed by atoms with E-state index in [1.807, 2.05) is 0 Å². The van der Waals surface area contributed by atoms with Crippen molar-refractivity contribution >= 4 is 23.2 Å². The molecule has 3 nitrogen and oxygen atoms in total. The number of rotatable bonds is 7. The summed E-state index contributed by atoms with van der Waals surface area (Å²) in [5.41, 5.74) is 0.769. The molecule has 0 saturated carbocycles. The van der Waals surface area contributed by atoms with Crippen LogP contribution in [0.5, 0.6) is 0 Å². The minimum Gasteiger partial charge on any atom is -0.325 e. The highest BCUT2D eigenvalue weighted by Crippen LogP contribution is 2.13. The molecule has 1 amide bonds. The highest BCUT2D eigenvalue weighted by Gasteiger charge is 2.09. The second-order valence-electron chi connectivity index (χ2n) is 5.09. The van der Waals surface area contributed by atoms with E-state index in [1.165, 1.54) is 6.42 Å². The van der Waals surface area contributed by atoms with Gasteiger partial charge in [0.1, 0.15) is 0 Å². The second-order valence-corrected chi connectivity index (χ2v) is 5.52. The van der Waals surface area contributed by atoms with Crippen LogP contribution in [0.3, 0.4) is 0 Å². The fourth-order valence-corrected chi connectivity index (χ4v) is 1.98. The Bertz CT molecular complexity index is 392. The van der Waals surface area contributed by atoms with Crippen molar-refractivity contribution in [1.29, 1.82) is 0 Å². The summed E-state index contributed by atoms with van der Waals surface area (Å²) in [4.78, 5) is 11.8. The van der Waals surface area contributed by atoms with Crippen molar-refractivity contribution in [3.8, 4) is 0 Å². The van der Waals surface area contributed by atoms with Gasteiger partial charge < -0.3 is 10.6 Å². The lowest BCUT2D eigenvalue weighted by Gasteiger charge is -2.17. The van der Waals surface area contributed by atoms with Crippen LogP contribution in [0, 0.1) is 5.92 Å². The minimum atomic E-state index is -0.0293. The molecule has 106 valence electrons. The van der Waals surface area contributed by atoms with Crippen LogP contribution in [0.1, 0.15) is 33.6 Å². The molecule has 4 heteroatoms. The lowest BCUT2D eigenvalue weighted by atomic mass is 10.0. The number of carbonyl (C=O) groups excluding carboxylic acids is 1. The predicted molar refractivity (Wildman–Crippen MR) is 81.6 cm³/mol. The molecule has 1 aromatic rings. The number of hydrogen-bond acceptors (Lipinski definition) is 2. The molecule has 0 spiro atoms. The maximum atomic E-state index is 11.8. The fourth-order valence-electron chi connectivity index (χ4n) is 1.86. The standard InChI is InChI=1S/C15H23ClN2O/c1-4-11(2)9-12(3)17-10-15(19)18-14-7-5-13(16)6-8-14/h5-8,11-12,17H,4,9-10H2,1-3H3,(H,18,19). The largest absolute Gasteiger partial charge is 0.325 e. The zero-order valence-corrected chi connectivity index (χ0v) is 12.6. The van der Waals surface area contributed by atoms with Crippen molar-refractivity contribution < 1.29 is 4.79 Å². The van der Waals surface area contributed by atoms with Crippen molar-refractivity contribution in [2.75, 3.05) is 11.9 Å². The van der Waals surface area contributed by atoms with Gasteiger partial charge in [-0.3, -0.25) is 4.79 Å². The highest BCUT2D eigenvalue weighted by molar-refractivity contribution is 6.30. The molecule has 19 heavy (non-hydrogen) atoms.